The Morgan fingerprint density at radius 2 is 1.75 bits per heavy atom. The smallest absolute Gasteiger partial charge is 0.391 e. The molecule has 0 bridgehead atoms. The van der Waals surface area contributed by atoms with Gasteiger partial charge in [-0.3, -0.25) is 0 Å². The van der Waals surface area contributed by atoms with E-state index >= 15 is 0 Å². The van der Waals surface area contributed by atoms with Crippen molar-refractivity contribution in [2.75, 3.05) is 13.1 Å². The number of halogens is 3. The molecule has 0 aromatic carbocycles. The number of carboxylic acid groups (broad SMARTS) is 1. The number of carbonyl (C=O) groups is 2. The second-order valence-electron chi connectivity index (χ2n) is 5.47. The molecular weight excluding hydrogens is 277 g/mol. The molecule has 0 unspecified atom stereocenters. The molecule has 2 rings (SSSR count). The van der Waals surface area contributed by atoms with Crippen molar-refractivity contribution in [1.29, 1.82) is 0 Å². The van der Waals surface area contributed by atoms with Gasteiger partial charge in [0.25, 0.3) is 0 Å². The van der Waals surface area contributed by atoms with Gasteiger partial charge in [-0.15, -0.1) is 0 Å². The van der Waals surface area contributed by atoms with Crippen molar-refractivity contribution < 1.29 is 27.9 Å². The maximum atomic E-state index is 12.5. The fourth-order valence-corrected chi connectivity index (χ4v) is 2.62. The second kappa shape index (κ2) is 5.14. The summed E-state index contributed by atoms with van der Waals surface area (Å²) in [6.07, 6.45) is -3.02. The summed E-state index contributed by atoms with van der Waals surface area (Å²) in [5, 5.41) is 11.6. The van der Waals surface area contributed by atoms with E-state index in [9.17, 15) is 22.8 Å². The van der Waals surface area contributed by atoms with Crippen LogP contribution in [-0.2, 0) is 4.79 Å². The Hall–Kier alpha value is -1.47. The van der Waals surface area contributed by atoms with E-state index in [0.717, 1.165) is 6.42 Å². The molecule has 2 aliphatic rings. The van der Waals surface area contributed by atoms with Gasteiger partial charge in [-0.1, -0.05) is 0 Å². The second-order valence-corrected chi connectivity index (χ2v) is 5.47. The van der Waals surface area contributed by atoms with Crippen LogP contribution in [0.2, 0.25) is 0 Å². The normalized spacial score (nSPS) is 23.1. The average molecular weight is 294 g/mol. The average Bonchev–Trinajstić information content (AvgIpc) is 2.32. The van der Waals surface area contributed by atoms with Crippen LogP contribution in [0.5, 0.6) is 0 Å². The van der Waals surface area contributed by atoms with Gasteiger partial charge in [-0.05, 0) is 32.1 Å². The van der Waals surface area contributed by atoms with E-state index in [-0.39, 0.29) is 25.9 Å². The third-order valence-electron chi connectivity index (χ3n) is 4.21. The van der Waals surface area contributed by atoms with Gasteiger partial charge in [0, 0.05) is 13.1 Å². The maximum Gasteiger partial charge on any atom is 0.391 e. The van der Waals surface area contributed by atoms with Gasteiger partial charge in [0.15, 0.2) is 0 Å². The van der Waals surface area contributed by atoms with Gasteiger partial charge in [-0.25, -0.2) is 9.59 Å². The number of nitrogens with one attached hydrogen (secondary N) is 1. The van der Waals surface area contributed by atoms with Crippen molar-refractivity contribution >= 4 is 12.0 Å². The summed E-state index contributed by atoms with van der Waals surface area (Å²) < 4.78 is 37.5. The van der Waals surface area contributed by atoms with E-state index in [1.807, 2.05) is 0 Å². The van der Waals surface area contributed by atoms with E-state index in [0.29, 0.717) is 12.8 Å². The highest BCUT2D eigenvalue weighted by Gasteiger charge is 2.47. The summed E-state index contributed by atoms with van der Waals surface area (Å²) in [6, 6.07) is -0.576. The predicted octanol–water partition coefficient (Wildman–Crippen LogP) is 1.98. The minimum atomic E-state index is -4.22. The summed E-state index contributed by atoms with van der Waals surface area (Å²) in [5.41, 5.74) is -1.22. The molecule has 0 aromatic heterocycles. The molecule has 2 fully saturated rings. The number of hydrogen-bond acceptors (Lipinski definition) is 2. The molecule has 5 nitrogen and oxygen atoms in total. The third-order valence-corrected chi connectivity index (χ3v) is 4.21. The molecule has 1 aliphatic heterocycles. The van der Waals surface area contributed by atoms with Crippen LogP contribution in [-0.4, -0.2) is 46.8 Å². The number of carbonyl (C=O) groups excluding carboxylic acids is 1. The summed E-state index contributed by atoms with van der Waals surface area (Å²) in [6.45, 7) is 0.0113. The van der Waals surface area contributed by atoms with Crippen LogP contribution in [0.3, 0.4) is 0 Å². The van der Waals surface area contributed by atoms with E-state index in [1.165, 1.54) is 4.90 Å². The molecular formula is C12H17F3N2O3. The molecule has 1 aliphatic carbocycles. The molecule has 1 saturated carbocycles. The van der Waals surface area contributed by atoms with E-state index in [1.54, 1.807) is 0 Å². The number of nitrogens with zero attached hydrogens (tertiary/aromatic N) is 1. The molecule has 2 N–H and O–H groups in total. The largest absolute Gasteiger partial charge is 0.480 e. The number of urea groups is 1. The Bertz CT molecular complexity index is 399. The highest BCUT2D eigenvalue weighted by Crippen LogP contribution is 2.35. The number of aliphatic carboxylic acids is 1. The Morgan fingerprint density at radius 1 is 1.20 bits per heavy atom. The van der Waals surface area contributed by atoms with Crippen molar-refractivity contribution in [3.63, 3.8) is 0 Å². The first-order valence-electron chi connectivity index (χ1n) is 6.62. The van der Waals surface area contributed by atoms with Crippen LogP contribution in [0.15, 0.2) is 0 Å². The molecule has 2 amide bonds. The van der Waals surface area contributed by atoms with E-state index in [4.69, 9.17) is 5.11 Å². The van der Waals surface area contributed by atoms with E-state index < -0.39 is 29.6 Å². The number of piperidine rings is 1. The van der Waals surface area contributed by atoms with Gasteiger partial charge < -0.3 is 15.3 Å². The van der Waals surface area contributed by atoms with Crippen molar-refractivity contribution in [2.24, 2.45) is 5.92 Å². The van der Waals surface area contributed by atoms with Crippen LogP contribution in [0.25, 0.3) is 0 Å². The minimum absolute atomic E-state index is 0.00566. The zero-order valence-corrected chi connectivity index (χ0v) is 10.9. The zero-order chi connectivity index (χ0) is 15.0. The lowest BCUT2D eigenvalue weighted by molar-refractivity contribution is -0.183. The van der Waals surface area contributed by atoms with Crippen LogP contribution in [0, 0.1) is 5.92 Å². The molecule has 0 spiro atoms. The fourth-order valence-electron chi connectivity index (χ4n) is 2.62. The Kier molecular flexibility index (Phi) is 3.84. The molecule has 0 atom stereocenters. The minimum Gasteiger partial charge on any atom is -0.480 e. The fraction of sp³-hybridized carbons (Fsp3) is 0.833. The lowest BCUT2D eigenvalue weighted by Crippen LogP contribution is -2.62. The van der Waals surface area contributed by atoms with Crippen LogP contribution >= 0.6 is 0 Å². The topological polar surface area (TPSA) is 69.6 Å². The van der Waals surface area contributed by atoms with Gasteiger partial charge in [0.05, 0.1) is 5.92 Å². The van der Waals surface area contributed by atoms with Gasteiger partial charge in [-0.2, -0.15) is 13.2 Å². The molecule has 114 valence electrons. The lowest BCUT2D eigenvalue weighted by atomic mass is 9.77. The molecule has 20 heavy (non-hydrogen) atoms. The zero-order valence-electron chi connectivity index (χ0n) is 10.9. The standard InChI is InChI=1S/C12H17F3N2O3/c13-12(14,15)8-2-6-17(7-3-8)10(20)16-11(9(18)19)4-1-5-11/h8H,1-7H2,(H,16,20)(H,18,19). The molecule has 0 radical (unpaired) electrons. The van der Waals surface area contributed by atoms with Crippen molar-refractivity contribution in [2.45, 2.75) is 43.8 Å². The first-order chi connectivity index (χ1) is 9.24. The Balaban J connectivity index is 1.88. The third kappa shape index (κ3) is 2.83. The molecule has 1 heterocycles. The number of likely N-dealkylation sites (tertiary alicyclic amines) is 1. The van der Waals surface area contributed by atoms with Gasteiger partial charge in [0.2, 0.25) is 0 Å². The summed E-state index contributed by atoms with van der Waals surface area (Å²) in [5.74, 6) is -2.45. The van der Waals surface area contributed by atoms with Gasteiger partial charge in [0.1, 0.15) is 5.54 Å². The predicted molar refractivity (Wildman–Crippen MR) is 63.1 cm³/mol. The van der Waals surface area contributed by atoms with E-state index in [2.05, 4.69) is 5.32 Å². The lowest BCUT2D eigenvalue weighted by Gasteiger charge is -2.41. The number of rotatable bonds is 2. The Morgan fingerprint density at radius 3 is 2.10 bits per heavy atom. The Labute approximate surface area is 114 Å². The molecule has 1 saturated heterocycles. The summed E-state index contributed by atoms with van der Waals surface area (Å²) >= 11 is 0. The SMILES string of the molecule is O=C(NC1(C(=O)O)CCC1)N1CCC(C(F)(F)F)CC1. The monoisotopic (exact) mass is 294 g/mol. The number of alkyl halides is 3. The molecule has 0 aromatic rings. The summed E-state index contributed by atoms with van der Waals surface area (Å²) in [4.78, 5) is 24.3. The number of carboxylic acids is 1. The van der Waals surface area contributed by atoms with Gasteiger partial charge >= 0.3 is 18.2 Å². The number of amides is 2. The van der Waals surface area contributed by atoms with Crippen LogP contribution < -0.4 is 5.32 Å². The van der Waals surface area contributed by atoms with Crippen molar-refractivity contribution in [1.82, 2.24) is 10.2 Å². The number of hydrogen-bond donors (Lipinski definition) is 2. The first-order valence-corrected chi connectivity index (χ1v) is 6.62. The molecule has 8 heteroatoms. The maximum absolute atomic E-state index is 12.5. The quantitative estimate of drug-likeness (QED) is 0.818. The highest BCUT2D eigenvalue weighted by molar-refractivity contribution is 5.87. The first kappa shape index (κ1) is 14.9. The summed E-state index contributed by atoms with van der Waals surface area (Å²) in [7, 11) is 0. The van der Waals surface area contributed by atoms with Crippen molar-refractivity contribution in [3.05, 3.63) is 0 Å². The highest BCUT2D eigenvalue weighted by atomic mass is 19.4. The van der Waals surface area contributed by atoms with Crippen molar-refractivity contribution in [3.8, 4) is 0 Å². The van der Waals surface area contributed by atoms with Crippen LogP contribution in [0.4, 0.5) is 18.0 Å². The van der Waals surface area contributed by atoms with Crippen LogP contribution in [0.1, 0.15) is 32.1 Å².